The molecule has 0 aromatic rings. The van der Waals surface area contributed by atoms with E-state index in [1.54, 1.807) is 19.1 Å². The van der Waals surface area contributed by atoms with Gasteiger partial charge in [0.15, 0.2) is 0 Å². The van der Waals surface area contributed by atoms with E-state index in [4.69, 9.17) is 0 Å². The molecule has 0 aliphatic carbocycles. The SMILES string of the molecule is CC(=O)NNN(C)C. The Balaban J connectivity index is 3.05. The van der Waals surface area contributed by atoms with Gasteiger partial charge in [-0.15, -0.1) is 0 Å². The van der Waals surface area contributed by atoms with Crippen LogP contribution >= 0.6 is 0 Å². The van der Waals surface area contributed by atoms with Crippen molar-refractivity contribution < 1.29 is 4.79 Å². The summed E-state index contributed by atoms with van der Waals surface area (Å²) in [6, 6.07) is 0. The van der Waals surface area contributed by atoms with E-state index >= 15 is 0 Å². The largest absolute Gasteiger partial charge is 0.278 e. The highest BCUT2D eigenvalue weighted by Gasteiger charge is 1.86. The maximum absolute atomic E-state index is 10.1. The molecule has 0 aliphatic rings. The fraction of sp³-hybridized carbons (Fsp3) is 0.750. The average molecular weight is 117 g/mol. The average Bonchev–Trinajstić information content (AvgIpc) is 1.61. The lowest BCUT2D eigenvalue weighted by Crippen LogP contribution is -2.44. The molecule has 4 heteroatoms. The number of hydrogen-bond acceptors (Lipinski definition) is 3. The van der Waals surface area contributed by atoms with Gasteiger partial charge in [-0.25, -0.2) is 5.01 Å². The molecule has 0 rings (SSSR count). The van der Waals surface area contributed by atoms with Gasteiger partial charge in [-0.3, -0.25) is 10.2 Å². The summed E-state index contributed by atoms with van der Waals surface area (Å²) in [7, 11) is 3.58. The number of rotatable bonds is 2. The van der Waals surface area contributed by atoms with Gasteiger partial charge in [0.2, 0.25) is 5.91 Å². The van der Waals surface area contributed by atoms with Gasteiger partial charge in [0, 0.05) is 21.0 Å². The Morgan fingerprint density at radius 2 is 2.00 bits per heavy atom. The highest BCUT2D eigenvalue weighted by atomic mass is 16.2. The summed E-state index contributed by atoms with van der Waals surface area (Å²) in [5, 5.41) is 1.64. The molecule has 0 saturated heterocycles. The van der Waals surface area contributed by atoms with Crippen molar-refractivity contribution in [3.05, 3.63) is 0 Å². The molecule has 0 atom stereocenters. The smallest absolute Gasteiger partial charge is 0.232 e. The Labute approximate surface area is 48.8 Å². The topological polar surface area (TPSA) is 44.4 Å². The van der Waals surface area contributed by atoms with Crippen molar-refractivity contribution in [2.45, 2.75) is 6.92 Å². The van der Waals surface area contributed by atoms with Crippen molar-refractivity contribution in [1.29, 1.82) is 0 Å². The second kappa shape index (κ2) is 3.40. The van der Waals surface area contributed by atoms with Crippen molar-refractivity contribution in [1.82, 2.24) is 16.0 Å². The minimum atomic E-state index is -0.0984. The minimum absolute atomic E-state index is 0.0984. The second-order valence-corrected chi connectivity index (χ2v) is 1.69. The van der Waals surface area contributed by atoms with Gasteiger partial charge in [-0.2, -0.15) is 5.53 Å². The Hall–Kier alpha value is -0.610. The van der Waals surface area contributed by atoms with Crippen LogP contribution in [-0.2, 0) is 4.79 Å². The summed E-state index contributed by atoms with van der Waals surface area (Å²) >= 11 is 0. The molecular weight excluding hydrogens is 106 g/mol. The molecule has 48 valence electrons. The second-order valence-electron chi connectivity index (χ2n) is 1.69. The van der Waals surface area contributed by atoms with Gasteiger partial charge in [-0.1, -0.05) is 0 Å². The van der Waals surface area contributed by atoms with Crippen molar-refractivity contribution in [2.24, 2.45) is 0 Å². The summed E-state index contributed by atoms with van der Waals surface area (Å²) in [6.07, 6.45) is 0. The maximum Gasteiger partial charge on any atom is 0.232 e. The highest BCUT2D eigenvalue weighted by molar-refractivity contribution is 5.72. The molecule has 0 unspecified atom stereocenters. The highest BCUT2D eigenvalue weighted by Crippen LogP contribution is 1.56. The summed E-state index contributed by atoms with van der Waals surface area (Å²) in [4.78, 5) is 10.1. The van der Waals surface area contributed by atoms with E-state index in [0.717, 1.165) is 0 Å². The molecular formula is C4H11N3O. The summed E-state index contributed by atoms with van der Waals surface area (Å²) in [6.45, 7) is 1.44. The van der Waals surface area contributed by atoms with E-state index in [-0.39, 0.29) is 5.91 Å². The molecule has 2 N–H and O–H groups in total. The van der Waals surface area contributed by atoms with E-state index in [9.17, 15) is 4.79 Å². The monoisotopic (exact) mass is 117 g/mol. The quantitative estimate of drug-likeness (QED) is 0.461. The zero-order valence-corrected chi connectivity index (χ0v) is 5.36. The molecule has 0 radical (unpaired) electrons. The molecule has 0 aliphatic heterocycles. The number of hydrazine groups is 2. The van der Waals surface area contributed by atoms with E-state index in [1.165, 1.54) is 6.92 Å². The fourth-order valence-electron chi connectivity index (χ4n) is 0.191. The molecule has 8 heavy (non-hydrogen) atoms. The van der Waals surface area contributed by atoms with E-state index in [1.807, 2.05) is 0 Å². The molecule has 0 bridgehead atoms. The van der Waals surface area contributed by atoms with Crippen LogP contribution in [0.2, 0.25) is 0 Å². The van der Waals surface area contributed by atoms with E-state index in [0.29, 0.717) is 0 Å². The normalized spacial score (nSPS) is 9.50. The summed E-state index contributed by atoms with van der Waals surface area (Å²) in [5.41, 5.74) is 4.96. The van der Waals surface area contributed by atoms with Crippen LogP contribution in [0, 0.1) is 0 Å². The molecule has 0 spiro atoms. The third-order valence-corrected chi connectivity index (χ3v) is 0.456. The third-order valence-electron chi connectivity index (χ3n) is 0.456. The molecule has 0 saturated carbocycles. The van der Waals surface area contributed by atoms with Crippen molar-refractivity contribution in [3.63, 3.8) is 0 Å². The van der Waals surface area contributed by atoms with Gasteiger partial charge in [-0.05, 0) is 0 Å². The van der Waals surface area contributed by atoms with Crippen molar-refractivity contribution in [3.8, 4) is 0 Å². The van der Waals surface area contributed by atoms with Gasteiger partial charge >= 0.3 is 0 Å². The van der Waals surface area contributed by atoms with Crippen LogP contribution in [0.5, 0.6) is 0 Å². The first-order valence-corrected chi connectivity index (χ1v) is 2.32. The molecule has 0 aromatic heterocycles. The van der Waals surface area contributed by atoms with E-state index < -0.39 is 0 Å². The van der Waals surface area contributed by atoms with Crippen LogP contribution in [0.3, 0.4) is 0 Å². The lowest BCUT2D eigenvalue weighted by molar-refractivity contribution is -0.121. The standard InChI is InChI=1S/C4H11N3O/c1-4(8)5-6-7(2)3/h6H,1-3H3,(H,5,8). The molecule has 0 aromatic carbocycles. The van der Waals surface area contributed by atoms with Crippen LogP contribution in [0.1, 0.15) is 6.92 Å². The zero-order chi connectivity index (χ0) is 6.57. The predicted molar refractivity (Wildman–Crippen MR) is 30.6 cm³/mol. The number of carbonyl (C=O) groups excluding carboxylic acids is 1. The van der Waals surface area contributed by atoms with E-state index in [2.05, 4.69) is 11.0 Å². The molecule has 1 amide bonds. The first-order valence-electron chi connectivity index (χ1n) is 2.32. The molecule has 0 heterocycles. The minimum Gasteiger partial charge on any atom is -0.278 e. The number of hydrogen-bond donors (Lipinski definition) is 2. The molecule has 0 fully saturated rings. The Bertz CT molecular complexity index is 81.4. The van der Waals surface area contributed by atoms with Gasteiger partial charge in [0.1, 0.15) is 0 Å². The first kappa shape index (κ1) is 7.39. The fourth-order valence-corrected chi connectivity index (χ4v) is 0.191. The number of amides is 1. The van der Waals surface area contributed by atoms with Crippen LogP contribution in [0.15, 0.2) is 0 Å². The maximum atomic E-state index is 10.1. The zero-order valence-electron chi connectivity index (χ0n) is 5.36. The number of nitrogens with one attached hydrogen (secondary N) is 2. The first-order chi connectivity index (χ1) is 3.63. The van der Waals surface area contributed by atoms with Crippen LogP contribution in [0.4, 0.5) is 0 Å². The van der Waals surface area contributed by atoms with Crippen LogP contribution < -0.4 is 11.0 Å². The molecule has 4 nitrogen and oxygen atoms in total. The van der Waals surface area contributed by atoms with Crippen LogP contribution in [-0.4, -0.2) is 25.0 Å². The Kier molecular flexibility index (Phi) is 3.14. The number of carbonyl (C=O) groups is 1. The van der Waals surface area contributed by atoms with Crippen molar-refractivity contribution >= 4 is 5.91 Å². The van der Waals surface area contributed by atoms with Crippen molar-refractivity contribution in [2.75, 3.05) is 14.1 Å². The third kappa shape index (κ3) is 5.39. The van der Waals surface area contributed by atoms with Gasteiger partial charge in [0.05, 0.1) is 0 Å². The predicted octanol–water partition coefficient (Wildman–Crippen LogP) is -0.896. The van der Waals surface area contributed by atoms with Crippen LogP contribution in [0.25, 0.3) is 0 Å². The van der Waals surface area contributed by atoms with Gasteiger partial charge < -0.3 is 0 Å². The summed E-state index contributed by atoms with van der Waals surface area (Å²) in [5.74, 6) is -0.0984. The Morgan fingerprint density at radius 1 is 1.50 bits per heavy atom. The summed E-state index contributed by atoms with van der Waals surface area (Å²) < 4.78 is 0. The Morgan fingerprint density at radius 3 is 2.12 bits per heavy atom. The lowest BCUT2D eigenvalue weighted by atomic mass is 10.8. The van der Waals surface area contributed by atoms with Gasteiger partial charge in [0.25, 0.3) is 0 Å². The lowest BCUT2D eigenvalue weighted by Gasteiger charge is -2.10. The number of nitrogens with zero attached hydrogens (tertiary/aromatic N) is 1.